The molecule has 2 rings (SSSR count). The Labute approximate surface area is 91.9 Å². The van der Waals surface area contributed by atoms with Crippen molar-refractivity contribution in [3.63, 3.8) is 0 Å². The normalized spacial score (nSPS) is 12.2. The van der Waals surface area contributed by atoms with Crippen molar-refractivity contribution >= 4 is 21.6 Å². The summed E-state index contributed by atoms with van der Waals surface area (Å²) in [6.07, 6.45) is -5.22. The molecule has 0 aromatic carbocycles. The van der Waals surface area contributed by atoms with E-state index in [4.69, 9.17) is 0 Å². The standard InChI is InChI=1S/C9H7F3N2OS/c1-4-6-2-5(3-9(10,11)12)16-7(6)14-8(15)13-4/h2H,3H2,1H3,(H,13,14,15). The van der Waals surface area contributed by atoms with E-state index in [2.05, 4.69) is 9.97 Å². The van der Waals surface area contributed by atoms with Crippen LogP contribution in [-0.4, -0.2) is 16.1 Å². The van der Waals surface area contributed by atoms with Crippen LogP contribution in [0.25, 0.3) is 10.2 Å². The second-order valence-corrected chi connectivity index (χ2v) is 4.51. The number of nitrogens with zero attached hydrogens (tertiary/aromatic N) is 1. The van der Waals surface area contributed by atoms with E-state index < -0.39 is 18.3 Å². The van der Waals surface area contributed by atoms with Crippen molar-refractivity contribution in [2.75, 3.05) is 0 Å². The van der Waals surface area contributed by atoms with Gasteiger partial charge in [0.1, 0.15) is 4.83 Å². The first-order valence-corrected chi connectivity index (χ1v) is 5.23. The molecule has 0 fully saturated rings. The Bertz CT molecular complexity index is 584. The van der Waals surface area contributed by atoms with E-state index in [1.165, 1.54) is 6.07 Å². The van der Waals surface area contributed by atoms with E-state index in [1.807, 2.05) is 0 Å². The van der Waals surface area contributed by atoms with Gasteiger partial charge in [-0.05, 0) is 13.0 Å². The van der Waals surface area contributed by atoms with Crippen molar-refractivity contribution in [3.8, 4) is 0 Å². The van der Waals surface area contributed by atoms with E-state index in [9.17, 15) is 18.0 Å². The molecular formula is C9H7F3N2OS. The van der Waals surface area contributed by atoms with E-state index in [1.54, 1.807) is 6.92 Å². The molecule has 0 bridgehead atoms. The Morgan fingerprint density at radius 1 is 1.50 bits per heavy atom. The second-order valence-electron chi connectivity index (χ2n) is 3.39. The van der Waals surface area contributed by atoms with Crippen molar-refractivity contribution in [2.45, 2.75) is 19.5 Å². The van der Waals surface area contributed by atoms with E-state index in [0.717, 1.165) is 11.3 Å². The van der Waals surface area contributed by atoms with Crippen LogP contribution in [0.15, 0.2) is 10.9 Å². The predicted molar refractivity (Wildman–Crippen MR) is 54.7 cm³/mol. The maximum atomic E-state index is 12.2. The molecule has 86 valence electrons. The van der Waals surface area contributed by atoms with E-state index in [0.29, 0.717) is 15.9 Å². The van der Waals surface area contributed by atoms with Gasteiger partial charge in [-0.3, -0.25) is 0 Å². The number of alkyl halides is 3. The van der Waals surface area contributed by atoms with Crippen LogP contribution >= 0.6 is 11.3 Å². The number of aromatic nitrogens is 2. The molecule has 0 spiro atoms. The number of aryl methyl sites for hydroxylation is 1. The number of H-pyrrole nitrogens is 1. The lowest BCUT2D eigenvalue weighted by Gasteiger charge is -2.01. The highest BCUT2D eigenvalue weighted by Gasteiger charge is 2.28. The molecule has 1 N–H and O–H groups in total. The largest absolute Gasteiger partial charge is 0.393 e. The Balaban J connectivity index is 2.52. The van der Waals surface area contributed by atoms with Gasteiger partial charge in [-0.2, -0.15) is 18.2 Å². The average molecular weight is 248 g/mol. The molecule has 2 heterocycles. The van der Waals surface area contributed by atoms with Gasteiger partial charge in [0.25, 0.3) is 0 Å². The third kappa shape index (κ3) is 2.24. The minimum absolute atomic E-state index is 0.164. The van der Waals surface area contributed by atoms with Crippen LogP contribution in [0.4, 0.5) is 13.2 Å². The lowest BCUT2D eigenvalue weighted by molar-refractivity contribution is -0.126. The van der Waals surface area contributed by atoms with Gasteiger partial charge in [0, 0.05) is 16.0 Å². The number of fused-ring (bicyclic) bond motifs is 1. The highest BCUT2D eigenvalue weighted by molar-refractivity contribution is 7.18. The first-order valence-electron chi connectivity index (χ1n) is 4.41. The molecule has 0 radical (unpaired) electrons. The summed E-state index contributed by atoms with van der Waals surface area (Å²) < 4.78 is 36.5. The van der Waals surface area contributed by atoms with Crippen LogP contribution in [0.2, 0.25) is 0 Å². The summed E-state index contributed by atoms with van der Waals surface area (Å²) in [6, 6.07) is 1.42. The molecule has 0 saturated heterocycles. The zero-order valence-electron chi connectivity index (χ0n) is 8.18. The molecule has 0 aliphatic carbocycles. The SMILES string of the molecule is Cc1[nH]c(=O)nc2sc(CC(F)(F)F)cc12. The molecule has 0 amide bonds. The number of hydrogen-bond donors (Lipinski definition) is 1. The Hall–Kier alpha value is -1.37. The minimum Gasteiger partial charge on any atom is -0.309 e. The molecule has 2 aromatic rings. The number of hydrogen-bond acceptors (Lipinski definition) is 3. The number of nitrogens with one attached hydrogen (secondary N) is 1. The van der Waals surface area contributed by atoms with Crippen LogP contribution in [0.3, 0.4) is 0 Å². The molecular weight excluding hydrogens is 241 g/mol. The monoisotopic (exact) mass is 248 g/mol. The van der Waals surface area contributed by atoms with Gasteiger partial charge in [-0.15, -0.1) is 11.3 Å². The van der Waals surface area contributed by atoms with Gasteiger partial charge in [-0.25, -0.2) is 4.79 Å². The molecule has 0 aliphatic rings. The fourth-order valence-electron chi connectivity index (χ4n) is 1.42. The summed E-state index contributed by atoms with van der Waals surface area (Å²) in [5.41, 5.74) is 0.00471. The molecule has 2 aromatic heterocycles. The first-order chi connectivity index (χ1) is 7.35. The van der Waals surface area contributed by atoms with Gasteiger partial charge in [-0.1, -0.05) is 0 Å². The highest BCUT2D eigenvalue weighted by Crippen LogP contribution is 2.29. The predicted octanol–water partition coefficient (Wildman–Crippen LogP) is 2.40. The lowest BCUT2D eigenvalue weighted by atomic mass is 10.2. The van der Waals surface area contributed by atoms with Gasteiger partial charge < -0.3 is 4.98 Å². The summed E-state index contributed by atoms with van der Waals surface area (Å²) >= 11 is 0.901. The summed E-state index contributed by atoms with van der Waals surface area (Å²) in [5.74, 6) is 0. The highest BCUT2D eigenvalue weighted by atomic mass is 32.1. The summed E-state index contributed by atoms with van der Waals surface area (Å²) in [6.45, 7) is 1.63. The fraction of sp³-hybridized carbons (Fsp3) is 0.333. The zero-order valence-corrected chi connectivity index (χ0v) is 9.00. The number of thiophene rings is 1. The topological polar surface area (TPSA) is 45.8 Å². The van der Waals surface area contributed by atoms with Crippen molar-refractivity contribution in [3.05, 3.63) is 27.1 Å². The molecule has 0 aliphatic heterocycles. The smallest absolute Gasteiger partial charge is 0.309 e. The molecule has 0 saturated carbocycles. The fourth-order valence-corrected chi connectivity index (χ4v) is 2.53. The third-order valence-corrected chi connectivity index (χ3v) is 3.07. The number of rotatable bonds is 1. The third-order valence-electron chi connectivity index (χ3n) is 2.04. The minimum atomic E-state index is -4.24. The molecule has 0 atom stereocenters. The quantitative estimate of drug-likeness (QED) is 0.842. The molecule has 3 nitrogen and oxygen atoms in total. The van der Waals surface area contributed by atoms with Crippen LogP contribution in [-0.2, 0) is 6.42 Å². The average Bonchev–Trinajstić information content (AvgIpc) is 2.43. The zero-order chi connectivity index (χ0) is 11.9. The van der Waals surface area contributed by atoms with Crippen molar-refractivity contribution in [2.24, 2.45) is 0 Å². The number of aromatic amines is 1. The lowest BCUT2D eigenvalue weighted by Crippen LogP contribution is -2.10. The van der Waals surface area contributed by atoms with Crippen molar-refractivity contribution < 1.29 is 13.2 Å². The molecule has 16 heavy (non-hydrogen) atoms. The number of halogens is 3. The van der Waals surface area contributed by atoms with Crippen molar-refractivity contribution in [1.29, 1.82) is 0 Å². The van der Waals surface area contributed by atoms with Gasteiger partial charge in [0.15, 0.2) is 0 Å². The van der Waals surface area contributed by atoms with Gasteiger partial charge >= 0.3 is 11.9 Å². The second kappa shape index (κ2) is 3.58. The maximum absolute atomic E-state index is 12.2. The molecule has 0 unspecified atom stereocenters. The van der Waals surface area contributed by atoms with E-state index >= 15 is 0 Å². The van der Waals surface area contributed by atoms with Gasteiger partial charge in [0.2, 0.25) is 0 Å². The Kier molecular flexibility index (Phi) is 2.49. The first kappa shape index (κ1) is 11.1. The Morgan fingerprint density at radius 3 is 2.81 bits per heavy atom. The van der Waals surface area contributed by atoms with Crippen LogP contribution in [0, 0.1) is 6.92 Å². The van der Waals surface area contributed by atoms with Crippen molar-refractivity contribution in [1.82, 2.24) is 9.97 Å². The Morgan fingerprint density at radius 2 is 2.19 bits per heavy atom. The van der Waals surface area contributed by atoms with E-state index in [-0.39, 0.29) is 4.88 Å². The summed E-state index contributed by atoms with van der Waals surface area (Å²) in [5, 5.41) is 0.573. The molecule has 7 heteroatoms. The van der Waals surface area contributed by atoms with Gasteiger partial charge in [0.05, 0.1) is 6.42 Å². The summed E-state index contributed by atoms with van der Waals surface area (Å²) in [4.78, 5) is 17.6. The maximum Gasteiger partial charge on any atom is 0.393 e. The van der Waals surface area contributed by atoms with Crippen LogP contribution in [0.1, 0.15) is 10.6 Å². The summed E-state index contributed by atoms with van der Waals surface area (Å²) in [7, 11) is 0. The van der Waals surface area contributed by atoms with Crippen LogP contribution < -0.4 is 5.69 Å². The van der Waals surface area contributed by atoms with Crippen LogP contribution in [0.5, 0.6) is 0 Å².